The van der Waals surface area contributed by atoms with Crippen molar-refractivity contribution in [3.8, 4) is 0 Å². The maximum absolute atomic E-state index is 13.2. The van der Waals surface area contributed by atoms with Crippen molar-refractivity contribution in [2.75, 3.05) is 13.2 Å². The zero-order valence-corrected chi connectivity index (χ0v) is 22.1. The first-order chi connectivity index (χ1) is 18.9. The second kappa shape index (κ2) is 15.4. The first-order valence-corrected chi connectivity index (χ1v) is 13.1. The Morgan fingerprint density at radius 1 is 1.00 bits per heavy atom. The molecule has 2 amide bonds. The van der Waals surface area contributed by atoms with Crippen LogP contribution in [-0.4, -0.2) is 54.2 Å². The fourth-order valence-electron chi connectivity index (χ4n) is 4.14. The summed E-state index contributed by atoms with van der Waals surface area (Å²) in [4.78, 5) is 51.6. The summed E-state index contributed by atoms with van der Waals surface area (Å²) in [6.07, 6.45) is 4.49. The molecule has 39 heavy (non-hydrogen) atoms. The highest BCUT2D eigenvalue weighted by Crippen LogP contribution is 2.18. The number of rotatable bonds is 9. The molecule has 0 saturated heterocycles. The highest BCUT2D eigenvalue weighted by molar-refractivity contribution is 5.89. The molecule has 0 bridgehead atoms. The SMILES string of the molecule is C[C@@H](CO)NC(=O)C[C@H]1CC=CC[C@H](Cc2ccccc2)C(=O)OC[C@H](C(=O)OCc2ccccc2)NC1=O. The van der Waals surface area contributed by atoms with Gasteiger partial charge in [-0.2, -0.15) is 0 Å². The van der Waals surface area contributed by atoms with Gasteiger partial charge in [0.05, 0.1) is 18.4 Å². The molecule has 0 spiro atoms. The molecule has 0 unspecified atom stereocenters. The van der Waals surface area contributed by atoms with Crippen LogP contribution in [0.15, 0.2) is 72.8 Å². The van der Waals surface area contributed by atoms with Crippen LogP contribution in [0.4, 0.5) is 0 Å². The molecule has 0 saturated carbocycles. The molecule has 9 nitrogen and oxygen atoms in total. The molecular weight excluding hydrogens is 500 g/mol. The average Bonchev–Trinajstić information content (AvgIpc) is 2.94. The van der Waals surface area contributed by atoms with Crippen molar-refractivity contribution < 1.29 is 33.8 Å². The molecule has 3 N–H and O–H groups in total. The minimum Gasteiger partial charge on any atom is -0.463 e. The summed E-state index contributed by atoms with van der Waals surface area (Å²) in [5, 5.41) is 14.5. The number of allylic oxidation sites excluding steroid dienone is 2. The van der Waals surface area contributed by atoms with Gasteiger partial charge in [0.2, 0.25) is 11.8 Å². The van der Waals surface area contributed by atoms with Gasteiger partial charge in [-0.3, -0.25) is 14.4 Å². The number of cyclic esters (lactones) is 1. The van der Waals surface area contributed by atoms with E-state index in [0.29, 0.717) is 12.8 Å². The van der Waals surface area contributed by atoms with Crippen LogP contribution >= 0.6 is 0 Å². The highest BCUT2D eigenvalue weighted by Gasteiger charge is 2.31. The first-order valence-electron chi connectivity index (χ1n) is 13.1. The molecule has 2 aromatic rings. The van der Waals surface area contributed by atoms with Crippen molar-refractivity contribution in [2.24, 2.45) is 11.8 Å². The number of carbonyl (C=O) groups excluding carboxylic acids is 4. The van der Waals surface area contributed by atoms with Gasteiger partial charge in [0.25, 0.3) is 0 Å². The van der Waals surface area contributed by atoms with E-state index < -0.39 is 54.3 Å². The Labute approximate surface area is 228 Å². The van der Waals surface area contributed by atoms with Crippen molar-refractivity contribution in [3.05, 3.63) is 83.9 Å². The summed E-state index contributed by atoms with van der Waals surface area (Å²) < 4.78 is 10.9. The predicted octanol–water partition coefficient (Wildman–Crippen LogP) is 2.47. The Kier molecular flexibility index (Phi) is 11.7. The van der Waals surface area contributed by atoms with E-state index in [1.54, 1.807) is 25.1 Å². The van der Waals surface area contributed by atoms with Gasteiger partial charge in [-0.15, -0.1) is 0 Å². The average molecular weight is 537 g/mol. The monoisotopic (exact) mass is 536 g/mol. The lowest BCUT2D eigenvalue weighted by molar-refractivity contribution is -0.157. The van der Waals surface area contributed by atoms with E-state index in [2.05, 4.69) is 10.6 Å². The molecule has 1 aliphatic rings. The fourth-order valence-corrected chi connectivity index (χ4v) is 4.14. The molecule has 0 aromatic heterocycles. The van der Waals surface area contributed by atoms with Crippen molar-refractivity contribution in [1.82, 2.24) is 10.6 Å². The van der Waals surface area contributed by atoms with Crippen molar-refractivity contribution in [2.45, 2.75) is 51.3 Å². The molecule has 9 heteroatoms. The van der Waals surface area contributed by atoms with E-state index in [0.717, 1.165) is 11.1 Å². The highest BCUT2D eigenvalue weighted by atomic mass is 16.6. The van der Waals surface area contributed by atoms with E-state index in [-0.39, 0.29) is 26.1 Å². The molecule has 0 fully saturated rings. The summed E-state index contributed by atoms with van der Waals surface area (Å²) in [5.74, 6) is -3.43. The minimum absolute atomic E-state index is 0.00968. The van der Waals surface area contributed by atoms with Gasteiger partial charge in [0, 0.05) is 12.5 Å². The van der Waals surface area contributed by atoms with Crippen LogP contribution in [0.2, 0.25) is 0 Å². The van der Waals surface area contributed by atoms with Crippen LogP contribution in [0.1, 0.15) is 37.3 Å². The van der Waals surface area contributed by atoms with Gasteiger partial charge in [0.15, 0.2) is 6.04 Å². The second-order valence-corrected chi connectivity index (χ2v) is 9.67. The second-order valence-electron chi connectivity index (χ2n) is 9.67. The third-order valence-electron chi connectivity index (χ3n) is 6.37. The van der Waals surface area contributed by atoms with E-state index in [1.165, 1.54) is 0 Å². The molecular formula is C30H36N2O7. The van der Waals surface area contributed by atoms with Gasteiger partial charge >= 0.3 is 11.9 Å². The summed E-state index contributed by atoms with van der Waals surface area (Å²) in [6.45, 7) is 1.02. The molecule has 4 atom stereocenters. The summed E-state index contributed by atoms with van der Waals surface area (Å²) in [7, 11) is 0. The molecule has 3 rings (SSSR count). The third-order valence-corrected chi connectivity index (χ3v) is 6.37. The quantitative estimate of drug-likeness (QED) is 0.331. The number of aliphatic hydroxyl groups is 1. The number of amides is 2. The smallest absolute Gasteiger partial charge is 0.332 e. The van der Waals surface area contributed by atoms with Gasteiger partial charge in [-0.05, 0) is 37.3 Å². The first kappa shape index (κ1) is 29.6. The number of aliphatic hydroxyl groups excluding tert-OH is 1. The van der Waals surface area contributed by atoms with Crippen LogP contribution in [0.5, 0.6) is 0 Å². The summed E-state index contributed by atoms with van der Waals surface area (Å²) in [5.41, 5.74) is 1.74. The predicted molar refractivity (Wildman–Crippen MR) is 144 cm³/mol. The zero-order valence-electron chi connectivity index (χ0n) is 22.1. The van der Waals surface area contributed by atoms with Gasteiger partial charge in [-0.1, -0.05) is 72.8 Å². The van der Waals surface area contributed by atoms with Crippen molar-refractivity contribution >= 4 is 23.8 Å². The Hall–Kier alpha value is -3.98. The lowest BCUT2D eigenvalue weighted by atomic mass is 9.94. The Morgan fingerprint density at radius 3 is 2.26 bits per heavy atom. The number of ether oxygens (including phenoxy) is 2. The van der Waals surface area contributed by atoms with E-state index in [1.807, 2.05) is 54.6 Å². The van der Waals surface area contributed by atoms with E-state index >= 15 is 0 Å². The number of benzene rings is 2. The standard InChI is InChI=1S/C30H36N2O7/c1-21(18-33)31-27(34)17-24-14-8-9-15-25(16-22-10-4-2-5-11-22)29(36)39-20-26(32-28(24)35)30(37)38-19-23-12-6-3-7-13-23/h2-13,21,24-26,33H,14-20H2,1H3,(H,31,34)(H,32,35)/t21-,24+,25+,26+/m0/s1. The number of esters is 2. The molecule has 1 aliphatic heterocycles. The number of nitrogens with one attached hydrogen (secondary N) is 2. The van der Waals surface area contributed by atoms with Gasteiger partial charge in [-0.25, -0.2) is 4.79 Å². The Bertz CT molecular complexity index is 1120. The maximum Gasteiger partial charge on any atom is 0.332 e. The zero-order chi connectivity index (χ0) is 28.0. The summed E-state index contributed by atoms with van der Waals surface area (Å²) in [6, 6.07) is 16.9. The van der Waals surface area contributed by atoms with E-state index in [4.69, 9.17) is 9.47 Å². The number of hydrogen-bond acceptors (Lipinski definition) is 7. The van der Waals surface area contributed by atoms with Crippen LogP contribution in [0.25, 0.3) is 0 Å². The van der Waals surface area contributed by atoms with Crippen LogP contribution in [-0.2, 0) is 41.7 Å². The van der Waals surface area contributed by atoms with Crippen LogP contribution in [0, 0.1) is 11.8 Å². The molecule has 2 aromatic carbocycles. The Morgan fingerprint density at radius 2 is 1.62 bits per heavy atom. The molecule has 0 radical (unpaired) electrons. The topological polar surface area (TPSA) is 131 Å². The lowest BCUT2D eigenvalue weighted by Crippen LogP contribution is -2.48. The molecule has 0 aliphatic carbocycles. The largest absolute Gasteiger partial charge is 0.463 e. The Balaban J connectivity index is 1.78. The lowest BCUT2D eigenvalue weighted by Gasteiger charge is -2.23. The van der Waals surface area contributed by atoms with Crippen LogP contribution in [0.3, 0.4) is 0 Å². The van der Waals surface area contributed by atoms with Gasteiger partial charge < -0.3 is 25.2 Å². The molecule has 1 heterocycles. The van der Waals surface area contributed by atoms with Gasteiger partial charge in [0.1, 0.15) is 13.2 Å². The number of carbonyl (C=O) groups is 4. The maximum atomic E-state index is 13.2. The molecule has 208 valence electrons. The van der Waals surface area contributed by atoms with Crippen molar-refractivity contribution in [3.63, 3.8) is 0 Å². The minimum atomic E-state index is -1.24. The van der Waals surface area contributed by atoms with E-state index in [9.17, 15) is 24.3 Å². The van der Waals surface area contributed by atoms with Crippen LogP contribution < -0.4 is 10.6 Å². The van der Waals surface area contributed by atoms with Crippen molar-refractivity contribution in [1.29, 1.82) is 0 Å². The summed E-state index contributed by atoms with van der Waals surface area (Å²) >= 11 is 0. The fraction of sp³-hybridized carbons (Fsp3) is 0.400. The normalized spacial score (nSPS) is 20.9. The third kappa shape index (κ3) is 10.0. The number of hydrogen-bond donors (Lipinski definition) is 3.